The molecule has 0 amide bonds. The SMILES string of the molecule is CCC1=CCC(CC)(C(=O)C(=O)c2ccccc2)C=C1. The predicted molar refractivity (Wildman–Crippen MR) is 80.6 cm³/mol. The second-order valence-corrected chi connectivity index (χ2v) is 5.20. The van der Waals surface area contributed by atoms with Gasteiger partial charge in [-0.25, -0.2) is 0 Å². The van der Waals surface area contributed by atoms with E-state index in [2.05, 4.69) is 13.0 Å². The van der Waals surface area contributed by atoms with Crippen LogP contribution in [0.1, 0.15) is 43.5 Å². The molecule has 0 bridgehead atoms. The molecular formula is C18H20O2. The highest BCUT2D eigenvalue weighted by Gasteiger charge is 2.38. The number of hydrogen-bond acceptors (Lipinski definition) is 2. The van der Waals surface area contributed by atoms with E-state index in [0.717, 1.165) is 6.42 Å². The van der Waals surface area contributed by atoms with Crippen LogP contribution in [0.3, 0.4) is 0 Å². The first-order chi connectivity index (χ1) is 9.63. The van der Waals surface area contributed by atoms with Gasteiger partial charge in [-0.1, -0.05) is 68.0 Å². The normalized spacial score (nSPS) is 21.4. The Morgan fingerprint density at radius 3 is 2.35 bits per heavy atom. The average Bonchev–Trinajstić information content (AvgIpc) is 2.54. The van der Waals surface area contributed by atoms with E-state index in [1.165, 1.54) is 5.57 Å². The highest BCUT2D eigenvalue weighted by atomic mass is 16.2. The molecule has 1 aromatic rings. The van der Waals surface area contributed by atoms with Gasteiger partial charge in [0, 0.05) is 5.56 Å². The van der Waals surface area contributed by atoms with Gasteiger partial charge in [0.1, 0.15) is 0 Å². The van der Waals surface area contributed by atoms with Crippen LogP contribution in [0, 0.1) is 5.41 Å². The Labute approximate surface area is 120 Å². The number of ketones is 2. The molecule has 1 atom stereocenters. The lowest BCUT2D eigenvalue weighted by atomic mass is 9.72. The fourth-order valence-electron chi connectivity index (χ4n) is 2.52. The van der Waals surface area contributed by atoms with Crippen molar-refractivity contribution in [3.05, 3.63) is 59.7 Å². The van der Waals surface area contributed by atoms with Crippen LogP contribution in [-0.4, -0.2) is 11.6 Å². The molecule has 104 valence electrons. The van der Waals surface area contributed by atoms with Crippen molar-refractivity contribution in [2.45, 2.75) is 33.1 Å². The Kier molecular flexibility index (Phi) is 4.33. The Hall–Kier alpha value is -1.96. The fourth-order valence-corrected chi connectivity index (χ4v) is 2.52. The number of Topliss-reactive ketones (excluding diaryl/α,β-unsaturated/α-hetero) is 2. The zero-order chi connectivity index (χ0) is 14.6. The first kappa shape index (κ1) is 14.4. The standard InChI is InChI=1S/C18H20O2/c1-3-14-10-12-18(4-2,13-11-14)17(20)16(19)15-8-6-5-7-9-15/h5-12H,3-4,13H2,1-2H3. The van der Waals surface area contributed by atoms with Crippen LogP contribution in [0.25, 0.3) is 0 Å². The van der Waals surface area contributed by atoms with Crippen molar-refractivity contribution in [2.24, 2.45) is 5.41 Å². The average molecular weight is 268 g/mol. The van der Waals surface area contributed by atoms with Crippen molar-refractivity contribution >= 4 is 11.6 Å². The van der Waals surface area contributed by atoms with Crippen LogP contribution in [0.5, 0.6) is 0 Å². The summed E-state index contributed by atoms with van der Waals surface area (Å²) in [6, 6.07) is 8.80. The predicted octanol–water partition coefficient (Wildman–Crippen LogP) is 4.13. The fraction of sp³-hybridized carbons (Fsp3) is 0.333. The van der Waals surface area contributed by atoms with Gasteiger partial charge in [-0.3, -0.25) is 9.59 Å². The summed E-state index contributed by atoms with van der Waals surface area (Å²) in [6.45, 7) is 4.05. The highest BCUT2D eigenvalue weighted by molar-refractivity contribution is 6.45. The Morgan fingerprint density at radius 1 is 1.15 bits per heavy atom. The van der Waals surface area contributed by atoms with Gasteiger partial charge < -0.3 is 0 Å². The quantitative estimate of drug-likeness (QED) is 0.594. The Morgan fingerprint density at radius 2 is 1.85 bits per heavy atom. The van der Waals surface area contributed by atoms with Gasteiger partial charge in [0.15, 0.2) is 0 Å². The lowest BCUT2D eigenvalue weighted by Crippen LogP contribution is -2.35. The van der Waals surface area contributed by atoms with E-state index in [0.29, 0.717) is 18.4 Å². The largest absolute Gasteiger partial charge is 0.289 e. The molecule has 1 aromatic carbocycles. The molecule has 0 spiro atoms. The summed E-state index contributed by atoms with van der Waals surface area (Å²) in [6.07, 6.45) is 8.23. The van der Waals surface area contributed by atoms with Gasteiger partial charge in [-0.2, -0.15) is 0 Å². The maximum absolute atomic E-state index is 12.6. The molecule has 0 aromatic heterocycles. The first-order valence-corrected chi connectivity index (χ1v) is 7.15. The zero-order valence-corrected chi connectivity index (χ0v) is 12.1. The molecule has 1 unspecified atom stereocenters. The maximum Gasteiger partial charge on any atom is 0.229 e. The molecule has 2 heteroatoms. The number of hydrogen-bond donors (Lipinski definition) is 0. The second kappa shape index (κ2) is 6.00. The summed E-state index contributed by atoms with van der Waals surface area (Å²) in [5.41, 5.74) is 1.05. The molecule has 0 N–H and O–H groups in total. The third-order valence-corrected chi connectivity index (χ3v) is 4.08. The van der Waals surface area contributed by atoms with Crippen LogP contribution in [-0.2, 0) is 4.79 Å². The second-order valence-electron chi connectivity index (χ2n) is 5.20. The van der Waals surface area contributed by atoms with Crippen LogP contribution in [0.4, 0.5) is 0 Å². The minimum Gasteiger partial charge on any atom is -0.289 e. The summed E-state index contributed by atoms with van der Waals surface area (Å²) >= 11 is 0. The van der Waals surface area contributed by atoms with E-state index < -0.39 is 5.41 Å². The molecule has 0 radical (unpaired) electrons. The summed E-state index contributed by atoms with van der Waals surface area (Å²) in [5, 5.41) is 0. The number of carbonyl (C=O) groups excluding carboxylic acids is 2. The smallest absolute Gasteiger partial charge is 0.229 e. The number of rotatable bonds is 5. The molecule has 0 heterocycles. The van der Waals surface area contributed by atoms with E-state index >= 15 is 0 Å². The summed E-state index contributed by atoms with van der Waals surface area (Å²) < 4.78 is 0. The topological polar surface area (TPSA) is 34.1 Å². The van der Waals surface area contributed by atoms with Gasteiger partial charge in [0.25, 0.3) is 0 Å². The summed E-state index contributed by atoms with van der Waals surface area (Å²) in [7, 11) is 0. The van der Waals surface area contributed by atoms with E-state index in [9.17, 15) is 9.59 Å². The van der Waals surface area contributed by atoms with Gasteiger partial charge in [-0.15, -0.1) is 0 Å². The van der Waals surface area contributed by atoms with Crippen LogP contribution in [0.2, 0.25) is 0 Å². The van der Waals surface area contributed by atoms with E-state index in [1.807, 2.05) is 25.1 Å². The van der Waals surface area contributed by atoms with Crippen LogP contribution in [0.15, 0.2) is 54.1 Å². The van der Waals surface area contributed by atoms with Gasteiger partial charge in [0.2, 0.25) is 11.6 Å². The minimum absolute atomic E-state index is 0.297. The van der Waals surface area contributed by atoms with Gasteiger partial charge in [0.05, 0.1) is 5.41 Å². The van der Waals surface area contributed by atoms with E-state index in [4.69, 9.17) is 0 Å². The molecule has 2 rings (SSSR count). The molecule has 0 saturated heterocycles. The number of allylic oxidation sites excluding steroid dienone is 4. The van der Waals surface area contributed by atoms with Crippen molar-refractivity contribution in [2.75, 3.05) is 0 Å². The lowest BCUT2D eigenvalue weighted by molar-refractivity contribution is -0.122. The van der Waals surface area contributed by atoms with Crippen LogP contribution >= 0.6 is 0 Å². The van der Waals surface area contributed by atoms with Crippen molar-refractivity contribution in [3.63, 3.8) is 0 Å². The highest BCUT2D eigenvalue weighted by Crippen LogP contribution is 2.36. The van der Waals surface area contributed by atoms with Crippen molar-refractivity contribution < 1.29 is 9.59 Å². The summed E-state index contributed by atoms with van der Waals surface area (Å²) in [4.78, 5) is 25.0. The number of carbonyl (C=O) groups is 2. The molecule has 0 fully saturated rings. The molecule has 0 aliphatic heterocycles. The third-order valence-electron chi connectivity index (χ3n) is 4.08. The molecule has 0 saturated carbocycles. The van der Waals surface area contributed by atoms with Gasteiger partial charge in [-0.05, 0) is 19.3 Å². The van der Waals surface area contributed by atoms with Crippen molar-refractivity contribution in [3.8, 4) is 0 Å². The van der Waals surface area contributed by atoms with Crippen molar-refractivity contribution in [1.82, 2.24) is 0 Å². The molecule has 1 aliphatic rings. The zero-order valence-electron chi connectivity index (χ0n) is 12.1. The van der Waals surface area contributed by atoms with Gasteiger partial charge >= 0.3 is 0 Å². The minimum atomic E-state index is -0.661. The maximum atomic E-state index is 12.6. The third kappa shape index (κ3) is 2.64. The molecule has 1 aliphatic carbocycles. The molecule has 2 nitrogen and oxygen atoms in total. The summed E-state index contributed by atoms with van der Waals surface area (Å²) in [5.74, 6) is -0.681. The number of benzene rings is 1. The van der Waals surface area contributed by atoms with Crippen LogP contribution < -0.4 is 0 Å². The lowest BCUT2D eigenvalue weighted by Gasteiger charge is -2.29. The monoisotopic (exact) mass is 268 g/mol. The van der Waals surface area contributed by atoms with Crippen molar-refractivity contribution in [1.29, 1.82) is 0 Å². The molecule has 20 heavy (non-hydrogen) atoms. The Bertz CT molecular complexity index is 566. The first-order valence-electron chi connectivity index (χ1n) is 7.15. The molecular weight excluding hydrogens is 248 g/mol. The van der Waals surface area contributed by atoms with E-state index in [1.54, 1.807) is 24.3 Å². The van der Waals surface area contributed by atoms with E-state index in [-0.39, 0.29) is 11.6 Å². The Balaban J connectivity index is 2.26.